The van der Waals surface area contributed by atoms with Crippen LogP contribution >= 0.6 is 24.0 Å². The molecule has 2 aromatic rings. The highest BCUT2D eigenvalue weighted by atomic mass is 127. The zero-order valence-electron chi connectivity index (χ0n) is 17.6. The van der Waals surface area contributed by atoms with Crippen LogP contribution in [0, 0.1) is 0 Å². The number of benzene rings is 1. The van der Waals surface area contributed by atoms with E-state index in [4.69, 9.17) is 0 Å². The van der Waals surface area contributed by atoms with Crippen LogP contribution < -0.4 is 10.6 Å². The van der Waals surface area contributed by atoms with Gasteiger partial charge in [0.25, 0.3) is 0 Å². The van der Waals surface area contributed by atoms with Crippen LogP contribution in [0.1, 0.15) is 37.5 Å². The summed E-state index contributed by atoms with van der Waals surface area (Å²) in [6.45, 7) is 7.11. The Morgan fingerprint density at radius 3 is 2.48 bits per heavy atom. The molecule has 0 bridgehead atoms. The van der Waals surface area contributed by atoms with Gasteiger partial charge in [-0.1, -0.05) is 30.3 Å². The van der Waals surface area contributed by atoms with Gasteiger partial charge >= 0.3 is 0 Å². The number of rotatable bonds is 10. The zero-order valence-corrected chi connectivity index (χ0v) is 19.9. The van der Waals surface area contributed by atoms with Crippen LogP contribution in [0.4, 0.5) is 0 Å². The average molecular weight is 511 g/mol. The summed E-state index contributed by atoms with van der Waals surface area (Å²) in [6, 6.07) is 14.6. The summed E-state index contributed by atoms with van der Waals surface area (Å²) in [6.07, 6.45) is 3.73. The van der Waals surface area contributed by atoms with Gasteiger partial charge in [0, 0.05) is 38.1 Å². The number of aliphatic hydroxyl groups is 1. The number of hydrogen-bond acceptors (Lipinski definition) is 4. The molecule has 1 heterocycles. The third kappa shape index (κ3) is 9.56. The minimum Gasteiger partial charge on any atom is -0.386 e. The van der Waals surface area contributed by atoms with Crippen LogP contribution in [0.3, 0.4) is 0 Å². The van der Waals surface area contributed by atoms with Crippen molar-refractivity contribution in [2.45, 2.75) is 39.0 Å². The van der Waals surface area contributed by atoms with Gasteiger partial charge in [-0.3, -0.25) is 14.9 Å². The third-order valence-electron chi connectivity index (χ3n) is 4.74. The molecule has 6 nitrogen and oxygen atoms in total. The smallest absolute Gasteiger partial charge is 0.191 e. The average Bonchev–Trinajstić information content (AvgIpc) is 2.73. The number of aliphatic hydroxyl groups excluding tert-OH is 1. The predicted molar refractivity (Wildman–Crippen MR) is 131 cm³/mol. The highest BCUT2D eigenvalue weighted by Gasteiger charge is 2.10. The van der Waals surface area contributed by atoms with Crippen molar-refractivity contribution < 1.29 is 5.11 Å². The second kappa shape index (κ2) is 14.3. The summed E-state index contributed by atoms with van der Waals surface area (Å²) in [4.78, 5) is 10.8. The Morgan fingerprint density at radius 1 is 1.14 bits per heavy atom. The maximum absolute atomic E-state index is 10.3. The van der Waals surface area contributed by atoms with Crippen molar-refractivity contribution in [2.24, 2.45) is 4.99 Å². The summed E-state index contributed by atoms with van der Waals surface area (Å²) in [5, 5.41) is 16.9. The first kappa shape index (κ1) is 25.3. The molecule has 0 aliphatic carbocycles. The SMILES string of the molecule is CCNC(=NCC(O)c1ccncc1)NCCC(C)N(C)Cc1ccccc1.I. The first-order chi connectivity index (χ1) is 13.6. The monoisotopic (exact) mass is 511 g/mol. The Kier molecular flexibility index (Phi) is 12.5. The second-order valence-electron chi connectivity index (χ2n) is 6.98. The highest BCUT2D eigenvalue weighted by Crippen LogP contribution is 2.11. The van der Waals surface area contributed by atoms with Gasteiger partial charge in [-0.25, -0.2) is 0 Å². The number of nitrogens with one attached hydrogen (secondary N) is 2. The molecule has 29 heavy (non-hydrogen) atoms. The molecular formula is C22H34IN5O. The quantitative estimate of drug-likeness (QED) is 0.260. The standard InChI is InChI=1S/C22H33N5O.HI/c1-4-24-22(26-16-21(28)20-11-13-23-14-12-20)25-15-10-18(2)27(3)17-19-8-6-5-7-9-19;/h5-9,11-14,18,21,28H,4,10,15-17H2,1-3H3,(H2,24,25,26);1H. The van der Waals surface area contributed by atoms with E-state index in [0.717, 1.165) is 37.6 Å². The van der Waals surface area contributed by atoms with Crippen molar-refractivity contribution >= 4 is 29.9 Å². The zero-order chi connectivity index (χ0) is 20.2. The van der Waals surface area contributed by atoms with E-state index in [1.807, 2.05) is 25.1 Å². The van der Waals surface area contributed by atoms with Gasteiger partial charge in [-0.15, -0.1) is 24.0 Å². The largest absolute Gasteiger partial charge is 0.386 e. The molecule has 0 saturated heterocycles. The fraction of sp³-hybridized carbons (Fsp3) is 0.455. The minimum absolute atomic E-state index is 0. The molecule has 1 aromatic carbocycles. The minimum atomic E-state index is -0.630. The van der Waals surface area contributed by atoms with E-state index in [2.05, 4.69) is 63.7 Å². The van der Waals surface area contributed by atoms with Crippen molar-refractivity contribution in [3.05, 3.63) is 66.0 Å². The summed E-state index contributed by atoms with van der Waals surface area (Å²) in [5.74, 6) is 0.730. The summed E-state index contributed by atoms with van der Waals surface area (Å²) >= 11 is 0. The van der Waals surface area contributed by atoms with E-state index < -0.39 is 6.10 Å². The van der Waals surface area contributed by atoms with Crippen LogP contribution in [0.15, 0.2) is 59.9 Å². The van der Waals surface area contributed by atoms with Crippen molar-refractivity contribution in [3.8, 4) is 0 Å². The van der Waals surface area contributed by atoms with E-state index in [1.54, 1.807) is 12.4 Å². The number of hydrogen-bond donors (Lipinski definition) is 3. The van der Waals surface area contributed by atoms with Gasteiger partial charge in [0.15, 0.2) is 5.96 Å². The number of aliphatic imine (C=N–C) groups is 1. The summed E-state index contributed by atoms with van der Waals surface area (Å²) in [7, 11) is 2.15. The first-order valence-corrected chi connectivity index (χ1v) is 9.94. The number of pyridine rings is 1. The Bertz CT molecular complexity index is 699. The Hall–Kier alpha value is -1.71. The van der Waals surface area contributed by atoms with Crippen molar-refractivity contribution in [3.63, 3.8) is 0 Å². The molecule has 0 amide bonds. The molecule has 7 heteroatoms. The van der Waals surface area contributed by atoms with E-state index >= 15 is 0 Å². The molecule has 0 saturated carbocycles. The van der Waals surface area contributed by atoms with Crippen LogP contribution in [0.5, 0.6) is 0 Å². The van der Waals surface area contributed by atoms with E-state index in [0.29, 0.717) is 12.6 Å². The Morgan fingerprint density at radius 2 is 1.83 bits per heavy atom. The summed E-state index contributed by atoms with van der Waals surface area (Å²) in [5.41, 5.74) is 2.15. The van der Waals surface area contributed by atoms with Gasteiger partial charge in [0.1, 0.15) is 0 Å². The van der Waals surface area contributed by atoms with Crippen LogP contribution in [0.2, 0.25) is 0 Å². The lowest BCUT2D eigenvalue weighted by Gasteiger charge is -2.25. The van der Waals surface area contributed by atoms with Gasteiger partial charge in [-0.05, 0) is 50.6 Å². The maximum atomic E-state index is 10.3. The van der Waals surface area contributed by atoms with Gasteiger partial charge in [0.2, 0.25) is 0 Å². The molecule has 160 valence electrons. The van der Waals surface area contributed by atoms with Gasteiger partial charge in [-0.2, -0.15) is 0 Å². The van der Waals surface area contributed by atoms with Crippen molar-refractivity contribution in [1.29, 1.82) is 0 Å². The second-order valence-corrected chi connectivity index (χ2v) is 6.98. The Balaban J connectivity index is 0.00000420. The van der Waals surface area contributed by atoms with Crippen LogP contribution in [-0.2, 0) is 6.54 Å². The summed E-state index contributed by atoms with van der Waals surface area (Å²) < 4.78 is 0. The lowest BCUT2D eigenvalue weighted by Crippen LogP contribution is -2.40. The molecule has 2 unspecified atom stereocenters. The van der Waals surface area contributed by atoms with Crippen molar-refractivity contribution in [1.82, 2.24) is 20.5 Å². The lowest BCUT2D eigenvalue weighted by atomic mass is 10.1. The first-order valence-electron chi connectivity index (χ1n) is 9.94. The van der Waals surface area contributed by atoms with Gasteiger partial charge in [0.05, 0.1) is 12.6 Å². The van der Waals surface area contributed by atoms with E-state index in [-0.39, 0.29) is 24.0 Å². The van der Waals surface area contributed by atoms with E-state index in [9.17, 15) is 5.11 Å². The fourth-order valence-electron chi connectivity index (χ4n) is 2.86. The normalized spacial score (nSPS) is 13.5. The number of guanidine groups is 1. The number of nitrogens with zero attached hydrogens (tertiary/aromatic N) is 3. The molecule has 0 aliphatic heterocycles. The molecule has 0 fully saturated rings. The topological polar surface area (TPSA) is 72.8 Å². The van der Waals surface area contributed by atoms with Gasteiger partial charge < -0.3 is 15.7 Å². The molecule has 0 radical (unpaired) electrons. The fourth-order valence-corrected chi connectivity index (χ4v) is 2.86. The molecule has 3 N–H and O–H groups in total. The van der Waals surface area contributed by atoms with E-state index in [1.165, 1.54) is 5.56 Å². The third-order valence-corrected chi connectivity index (χ3v) is 4.74. The lowest BCUT2D eigenvalue weighted by molar-refractivity contribution is 0.187. The molecule has 2 atom stereocenters. The van der Waals surface area contributed by atoms with Crippen LogP contribution in [0.25, 0.3) is 0 Å². The molecule has 1 aromatic heterocycles. The molecular weight excluding hydrogens is 477 g/mol. The Labute approximate surface area is 191 Å². The maximum Gasteiger partial charge on any atom is 0.191 e. The molecule has 2 rings (SSSR count). The molecule has 0 spiro atoms. The number of halogens is 1. The highest BCUT2D eigenvalue weighted by molar-refractivity contribution is 14.0. The van der Waals surface area contributed by atoms with Crippen LogP contribution in [-0.4, -0.2) is 53.7 Å². The van der Waals surface area contributed by atoms with Crippen molar-refractivity contribution in [2.75, 3.05) is 26.7 Å². The number of aromatic nitrogens is 1. The molecule has 0 aliphatic rings. The predicted octanol–water partition coefficient (Wildman–Crippen LogP) is 3.20.